The fraction of sp³-hybridized carbons (Fsp3) is 0.550. The highest BCUT2D eigenvalue weighted by atomic mass is 32.1. The number of aromatic nitrogens is 1. The molecule has 0 spiro atoms. The van der Waals surface area contributed by atoms with Crippen LogP contribution in [0.3, 0.4) is 0 Å². The summed E-state index contributed by atoms with van der Waals surface area (Å²) in [5.41, 5.74) is 1.33. The third kappa shape index (κ3) is 4.11. The van der Waals surface area contributed by atoms with Crippen LogP contribution in [0.15, 0.2) is 42.0 Å². The summed E-state index contributed by atoms with van der Waals surface area (Å²) >= 11 is 1.85. The van der Waals surface area contributed by atoms with Gasteiger partial charge in [0.25, 0.3) is 0 Å². The van der Waals surface area contributed by atoms with E-state index in [4.69, 9.17) is 9.47 Å². The van der Waals surface area contributed by atoms with E-state index >= 15 is 0 Å². The van der Waals surface area contributed by atoms with Crippen LogP contribution in [0.1, 0.15) is 29.7 Å². The van der Waals surface area contributed by atoms with Crippen LogP contribution >= 0.6 is 11.3 Å². The van der Waals surface area contributed by atoms with Crippen molar-refractivity contribution in [3.63, 3.8) is 0 Å². The standard InChI is InChI=1S/C20H26N2O2S/c1-3-18(25-12-1)13-22-10-6-19-20(15-22,7-2-11-24-19)16-23-14-17-4-8-21-9-5-17/h1,3-5,8-9,12,19H,2,6-7,10-11,13-16H2/t19-,20-/m0/s1. The van der Waals surface area contributed by atoms with Crippen molar-refractivity contribution in [2.75, 3.05) is 26.3 Å². The van der Waals surface area contributed by atoms with E-state index < -0.39 is 0 Å². The molecule has 2 fully saturated rings. The fourth-order valence-corrected chi connectivity index (χ4v) is 4.95. The summed E-state index contributed by atoms with van der Waals surface area (Å²) in [7, 11) is 0. The minimum Gasteiger partial charge on any atom is -0.377 e. The summed E-state index contributed by atoms with van der Waals surface area (Å²) < 4.78 is 12.3. The van der Waals surface area contributed by atoms with Crippen molar-refractivity contribution in [2.45, 2.75) is 38.5 Å². The van der Waals surface area contributed by atoms with Crippen LogP contribution in [0.5, 0.6) is 0 Å². The molecule has 4 rings (SSSR count). The molecular formula is C20H26N2O2S. The van der Waals surface area contributed by atoms with Crippen LogP contribution in [-0.2, 0) is 22.6 Å². The zero-order valence-electron chi connectivity index (χ0n) is 14.6. The molecule has 0 saturated carbocycles. The quantitative estimate of drug-likeness (QED) is 0.788. The molecule has 0 N–H and O–H groups in total. The second kappa shape index (κ2) is 7.96. The maximum absolute atomic E-state index is 6.17. The summed E-state index contributed by atoms with van der Waals surface area (Å²) in [6, 6.07) is 8.43. The van der Waals surface area contributed by atoms with Gasteiger partial charge >= 0.3 is 0 Å². The Balaban J connectivity index is 1.40. The second-order valence-electron chi connectivity index (χ2n) is 7.25. The summed E-state index contributed by atoms with van der Waals surface area (Å²) in [4.78, 5) is 8.11. The lowest BCUT2D eigenvalue weighted by Gasteiger charge is -2.50. The average Bonchev–Trinajstić information content (AvgIpc) is 3.15. The molecule has 4 heterocycles. The number of hydrogen-bond acceptors (Lipinski definition) is 5. The van der Waals surface area contributed by atoms with Gasteiger partial charge in [-0.25, -0.2) is 0 Å². The molecule has 5 heteroatoms. The Morgan fingerprint density at radius 3 is 3.08 bits per heavy atom. The Morgan fingerprint density at radius 2 is 2.24 bits per heavy atom. The summed E-state index contributed by atoms with van der Waals surface area (Å²) in [6.07, 6.45) is 7.46. The summed E-state index contributed by atoms with van der Waals surface area (Å²) in [6.45, 7) is 5.58. The van der Waals surface area contributed by atoms with Gasteiger partial charge in [-0.3, -0.25) is 9.88 Å². The van der Waals surface area contributed by atoms with E-state index in [9.17, 15) is 0 Å². The molecule has 2 saturated heterocycles. The van der Waals surface area contributed by atoms with Gasteiger partial charge in [-0.2, -0.15) is 0 Å². The fourth-order valence-electron chi connectivity index (χ4n) is 4.20. The van der Waals surface area contributed by atoms with Crippen LogP contribution in [-0.4, -0.2) is 42.3 Å². The van der Waals surface area contributed by atoms with E-state index in [2.05, 4.69) is 27.4 Å². The number of hydrogen-bond donors (Lipinski definition) is 0. The molecule has 4 nitrogen and oxygen atoms in total. The van der Waals surface area contributed by atoms with E-state index in [-0.39, 0.29) is 5.41 Å². The number of thiophene rings is 1. The van der Waals surface area contributed by atoms with Crippen molar-refractivity contribution in [1.29, 1.82) is 0 Å². The monoisotopic (exact) mass is 358 g/mol. The Labute approximate surface area is 153 Å². The van der Waals surface area contributed by atoms with Gasteiger partial charge in [-0.1, -0.05) is 6.07 Å². The Kier molecular flexibility index (Phi) is 5.46. The van der Waals surface area contributed by atoms with Gasteiger partial charge in [0, 0.05) is 48.9 Å². The highest BCUT2D eigenvalue weighted by Crippen LogP contribution is 2.41. The topological polar surface area (TPSA) is 34.6 Å². The maximum atomic E-state index is 6.17. The number of fused-ring (bicyclic) bond motifs is 1. The van der Waals surface area contributed by atoms with Gasteiger partial charge in [-0.05, 0) is 48.4 Å². The van der Waals surface area contributed by atoms with Gasteiger partial charge < -0.3 is 9.47 Å². The van der Waals surface area contributed by atoms with E-state index in [1.807, 2.05) is 35.9 Å². The highest BCUT2D eigenvalue weighted by molar-refractivity contribution is 7.09. The zero-order chi connectivity index (χ0) is 17.0. The first-order valence-corrected chi connectivity index (χ1v) is 10.1. The van der Waals surface area contributed by atoms with Gasteiger partial charge in [0.2, 0.25) is 0 Å². The van der Waals surface area contributed by atoms with E-state index in [0.717, 1.165) is 45.7 Å². The Bertz CT molecular complexity index is 649. The number of pyridine rings is 1. The van der Waals surface area contributed by atoms with E-state index in [1.54, 1.807) is 0 Å². The lowest BCUT2D eigenvalue weighted by molar-refractivity contribution is -0.155. The van der Waals surface area contributed by atoms with Crippen molar-refractivity contribution in [2.24, 2.45) is 5.41 Å². The molecule has 2 atom stereocenters. The number of rotatable bonds is 6. The lowest BCUT2D eigenvalue weighted by Crippen LogP contribution is -2.56. The van der Waals surface area contributed by atoms with Crippen molar-refractivity contribution < 1.29 is 9.47 Å². The number of likely N-dealkylation sites (tertiary alicyclic amines) is 1. The first-order chi connectivity index (χ1) is 12.3. The average molecular weight is 359 g/mol. The van der Waals surface area contributed by atoms with Gasteiger partial charge in [-0.15, -0.1) is 11.3 Å². The maximum Gasteiger partial charge on any atom is 0.0718 e. The molecule has 0 amide bonds. The highest BCUT2D eigenvalue weighted by Gasteiger charge is 2.46. The number of nitrogens with zero attached hydrogens (tertiary/aromatic N) is 2. The smallest absolute Gasteiger partial charge is 0.0718 e. The van der Waals surface area contributed by atoms with Crippen LogP contribution in [0.2, 0.25) is 0 Å². The van der Waals surface area contributed by atoms with Crippen LogP contribution in [0.25, 0.3) is 0 Å². The lowest BCUT2D eigenvalue weighted by atomic mass is 9.73. The molecule has 0 bridgehead atoms. The Morgan fingerprint density at radius 1 is 1.32 bits per heavy atom. The van der Waals surface area contributed by atoms with Gasteiger partial charge in [0.1, 0.15) is 0 Å². The summed E-state index contributed by atoms with van der Waals surface area (Å²) in [5.74, 6) is 0. The van der Waals surface area contributed by atoms with Gasteiger partial charge in [0.15, 0.2) is 0 Å². The van der Waals surface area contributed by atoms with Gasteiger partial charge in [0.05, 0.1) is 19.3 Å². The van der Waals surface area contributed by atoms with Crippen molar-refractivity contribution in [3.05, 3.63) is 52.5 Å². The minimum atomic E-state index is 0.140. The first kappa shape index (κ1) is 17.2. The SMILES string of the molecule is c1csc(CN2CC[C@@H]3OCCC[C@@]3(COCc3ccncc3)C2)c1. The molecule has 0 unspecified atom stereocenters. The molecular weight excluding hydrogens is 332 g/mol. The summed E-state index contributed by atoms with van der Waals surface area (Å²) in [5, 5.41) is 2.17. The van der Waals surface area contributed by atoms with Crippen LogP contribution in [0, 0.1) is 5.41 Å². The normalized spacial score (nSPS) is 27.1. The van der Waals surface area contributed by atoms with Crippen molar-refractivity contribution >= 4 is 11.3 Å². The van der Waals surface area contributed by atoms with Crippen LogP contribution in [0.4, 0.5) is 0 Å². The predicted octanol–water partition coefficient (Wildman–Crippen LogP) is 3.73. The molecule has 134 valence electrons. The zero-order valence-corrected chi connectivity index (χ0v) is 15.4. The molecule has 2 aromatic heterocycles. The molecule has 0 aromatic carbocycles. The minimum absolute atomic E-state index is 0.140. The molecule has 25 heavy (non-hydrogen) atoms. The third-order valence-electron chi connectivity index (χ3n) is 5.43. The molecule has 0 radical (unpaired) electrons. The number of ether oxygens (including phenoxy) is 2. The van der Waals surface area contributed by atoms with Crippen molar-refractivity contribution in [1.82, 2.24) is 9.88 Å². The molecule has 0 aliphatic carbocycles. The Hall–Kier alpha value is -1.27. The third-order valence-corrected chi connectivity index (χ3v) is 6.30. The van der Waals surface area contributed by atoms with E-state index in [1.165, 1.54) is 16.9 Å². The molecule has 2 aliphatic rings. The van der Waals surface area contributed by atoms with Crippen LogP contribution < -0.4 is 0 Å². The largest absolute Gasteiger partial charge is 0.377 e. The van der Waals surface area contributed by atoms with Crippen molar-refractivity contribution in [3.8, 4) is 0 Å². The molecule has 2 aliphatic heterocycles. The van der Waals surface area contributed by atoms with E-state index in [0.29, 0.717) is 12.7 Å². The molecule has 2 aromatic rings. The predicted molar refractivity (Wildman–Crippen MR) is 99.5 cm³/mol. The second-order valence-corrected chi connectivity index (χ2v) is 8.28. The first-order valence-electron chi connectivity index (χ1n) is 9.17. The number of piperidine rings is 1.